The molecule has 2 heterocycles. The second kappa shape index (κ2) is 8.14. The summed E-state index contributed by atoms with van der Waals surface area (Å²) in [7, 11) is 0. The smallest absolute Gasteiger partial charge is 0.218 e. The second-order valence-corrected chi connectivity index (χ2v) is 5.42. The SMILES string of the molecule is CCOc1cc(NCCN2CCOCC2)nc(C(C)C)n1. The topological polar surface area (TPSA) is 59.5 Å². The van der Waals surface area contributed by atoms with E-state index in [0.29, 0.717) is 12.5 Å². The molecule has 1 aliphatic heterocycles. The molecular formula is C15H26N4O2. The molecule has 0 bridgehead atoms. The maximum absolute atomic E-state index is 5.52. The van der Waals surface area contributed by atoms with E-state index in [0.717, 1.165) is 51.0 Å². The van der Waals surface area contributed by atoms with Crippen LogP contribution in [0.3, 0.4) is 0 Å². The highest BCUT2D eigenvalue weighted by molar-refractivity contribution is 5.38. The fourth-order valence-corrected chi connectivity index (χ4v) is 2.18. The van der Waals surface area contributed by atoms with Crippen molar-refractivity contribution in [2.45, 2.75) is 26.7 Å². The molecule has 118 valence electrons. The molecule has 0 saturated carbocycles. The van der Waals surface area contributed by atoms with Gasteiger partial charge in [0.1, 0.15) is 11.6 Å². The molecule has 0 atom stereocenters. The quantitative estimate of drug-likeness (QED) is 0.826. The normalized spacial score (nSPS) is 16.2. The number of rotatable bonds is 7. The Bertz CT molecular complexity index is 434. The molecule has 6 nitrogen and oxygen atoms in total. The molecule has 2 rings (SSSR count). The van der Waals surface area contributed by atoms with Gasteiger partial charge in [0.05, 0.1) is 19.8 Å². The highest BCUT2D eigenvalue weighted by Gasteiger charge is 2.11. The van der Waals surface area contributed by atoms with Gasteiger partial charge in [-0.05, 0) is 6.92 Å². The molecule has 1 aromatic heterocycles. The van der Waals surface area contributed by atoms with Crippen LogP contribution in [0.2, 0.25) is 0 Å². The van der Waals surface area contributed by atoms with Gasteiger partial charge in [-0.2, -0.15) is 4.98 Å². The van der Waals surface area contributed by atoms with E-state index in [1.54, 1.807) is 0 Å². The summed E-state index contributed by atoms with van der Waals surface area (Å²) in [5, 5.41) is 3.37. The first-order chi connectivity index (χ1) is 10.2. The number of morpholine rings is 1. The van der Waals surface area contributed by atoms with Crippen LogP contribution in [-0.2, 0) is 4.74 Å². The Balaban J connectivity index is 1.91. The number of hydrogen-bond donors (Lipinski definition) is 1. The zero-order chi connectivity index (χ0) is 15.1. The molecule has 1 aliphatic rings. The van der Waals surface area contributed by atoms with Gasteiger partial charge in [-0.25, -0.2) is 4.98 Å². The first kappa shape index (κ1) is 16.0. The monoisotopic (exact) mass is 294 g/mol. The Morgan fingerprint density at radius 3 is 2.76 bits per heavy atom. The van der Waals surface area contributed by atoms with Crippen LogP contribution in [0.5, 0.6) is 5.88 Å². The van der Waals surface area contributed by atoms with E-state index in [1.165, 1.54) is 0 Å². The minimum atomic E-state index is 0.283. The number of ether oxygens (including phenoxy) is 2. The Kier molecular flexibility index (Phi) is 6.20. The molecule has 6 heteroatoms. The average Bonchev–Trinajstić information content (AvgIpc) is 2.48. The summed E-state index contributed by atoms with van der Waals surface area (Å²) < 4.78 is 10.9. The van der Waals surface area contributed by atoms with Crippen LogP contribution in [0.25, 0.3) is 0 Å². The second-order valence-electron chi connectivity index (χ2n) is 5.42. The predicted molar refractivity (Wildman–Crippen MR) is 83.0 cm³/mol. The molecule has 1 saturated heterocycles. The summed E-state index contributed by atoms with van der Waals surface area (Å²) >= 11 is 0. The lowest BCUT2D eigenvalue weighted by molar-refractivity contribution is 0.0398. The average molecular weight is 294 g/mol. The summed E-state index contributed by atoms with van der Waals surface area (Å²) in [6.45, 7) is 12.3. The van der Waals surface area contributed by atoms with Gasteiger partial charge >= 0.3 is 0 Å². The molecule has 0 unspecified atom stereocenters. The summed E-state index contributed by atoms with van der Waals surface area (Å²) in [4.78, 5) is 11.4. The van der Waals surface area contributed by atoms with Crippen molar-refractivity contribution in [3.63, 3.8) is 0 Å². The zero-order valence-corrected chi connectivity index (χ0v) is 13.3. The van der Waals surface area contributed by atoms with Crippen LogP contribution in [-0.4, -0.2) is 60.9 Å². The highest BCUT2D eigenvalue weighted by Crippen LogP contribution is 2.18. The van der Waals surface area contributed by atoms with Gasteiger partial charge < -0.3 is 14.8 Å². The lowest BCUT2D eigenvalue weighted by atomic mass is 10.2. The van der Waals surface area contributed by atoms with Gasteiger partial charge in [-0.1, -0.05) is 13.8 Å². The van der Waals surface area contributed by atoms with Gasteiger partial charge in [0.25, 0.3) is 0 Å². The molecule has 0 amide bonds. The van der Waals surface area contributed by atoms with Crippen LogP contribution in [0.15, 0.2) is 6.07 Å². The van der Waals surface area contributed by atoms with Crippen molar-refractivity contribution < 1.29 is 9.47 Å². The largest absolute Gasteiger partial charge is 0.478 e. The Morgan fingerprint density at radius 1 is 1.33 bits per heavy atom. The standard InChI is InChI=1S/C15H26N4O2/c1-4-21-14-11-13(17-15(18-14)12(2)3)16-5-6-19-7-9-20-10-8-19/h11-12H,4-10H2,1-3H3,(H,16,17,18). The van der Waals surface area contributed by atoms with E-state index in [4.69, 9.17) is 9.47 Å². The molecular weight excluding hydrogens is 268 g/mol. The minimum Gasteiger partial charge on any atom is -0.478 e. The predicted octanol–water partition coefficient (Wildman–Crippen LogP) is 1.74. The molecule has 1 fully saturated rings. The van der Waals surface area contributed by atoms with Crippen molar-refractivity contribution in [3.05, 3.63) is 11.9 Å². The summed E-state index contributed by atoms with van der Waals surface area (Å²) in [5.74, 6) is 2.58. The van der Waals surface area contributed by atoms with Crippen molar-refractivity contribution >= 4 is 5.82 Å². The van der Waals surface area contributed by atoms with Crippen LogP contribution in [0.1, 0.15) is 32.5 Å². The molecule has 1 aromatic rings. The van der Waals surface area contributed by atoms with Gasteiger partial charge in [0.15, 0.2) is 0 Å². The zero-order valence-electron chi connectivity index (χ0n) is 13.3. The first-order valence-electron chi connectivity index (χ1n) is 7.74. The number of anilines is 1. The lowest BCUT2D eigenvalue weighted by Gasteiger charge is -2.26. The molecule has 1 N–H and O–H groups in total. The molecule has 0 aliphatic carbocycles. The Hall–Kier alpha value is -1.40. The highest BCUT2D eigenvalue weighted by atomic mass is 16.5. The number of hydrogen-bond acceptors (Lipinski definition) is 6. The van der Waals surface area contributed by atoms with E-state index in [2.05, 4.69) is 34.0 Å². The lowest BCUT2D eigenvalue weighted by Crippen LogP contribution is -2.39. The van der Waals surface area contributed by atoms with Crippen molar-refractivity contribution in [1.29, 1.82) is 0 Å². The third kappa shape index (κ3) is 5.13. The van der Waals surface area contributed by atoms with E-state index < -0.39 is 0 Å². The summed E-state index contributed by atoms with van der Waals surface area (Å²) in [6, 6.07) is 1.87. The fourth-order valence-electron chi connectivity index (χ4n) is 2.18. The minimum absolute atomic E-state index is 0.283. The molecule has 0 spiro atoms. The van der Waals surface area contributed by atoms with E-state index in [1.807, 2.05) is 13.0 Å². The third-order valence-corrected chi connectivity index (χ3v) is 3.37. The maximum Gasteiger partial charge on any atom is 0.218 e. The first-order valence-corrected chi connectivity index (χ1v) is 7.74. The van der Waals surface area contributed by atoms with Crippen molar-refractivity contribution in [2.75, 3.05) is 51.3 Å². The summed E-state index contributed by atoms with van der Waals surface area (Å²) in [5.41, 5.74) is 0. The van der Waals surface area contributed by atoms with Gasteiger partial charge in [0.2, 0.25) is 5.88 Å². The molecule has 0 aromatic carbocycles. The third-order valence-electron chi connectivity index (χ3n) is 3.37. The van der Waals surface area contributed by atoms with Gasteiger partial charge in [-0.15, -0.1) is 0 Å². The summed E-state index contributed by atoms with van der Waals surface area (Å²) in [6.07, 6.45) is 0. The molecule has 0 radical (unpaired) electrons. The Morgan fingerprint density at radius 2 is 2.10 bits per heavy atom. The van der Waals surface area contributed by atoms with Crippen molar-refractivity contribution in [1.82, 2.24) is 14.9 Å². The van der Waals surface area contributed by atoms with E-state index in [-0.39, 0.29) is 5.92 Å². The number of nitrogens with zero attached hydrogens (tertiary/aromatic N) is 3. The van der Waals surface area contributed by atoms with Gasteiger partial charge in [-0.3, -0.25) is 4.90 Å². The van der Waals surface area contributed by atoms with E-state index >= 15 is 0 Å². The maximum atomic E-state index is 5.52. The van der Waals surface area contributed by atoms with Gasteiger partial charge in [0, 0.05) is 38.2 Å². The van der Waals surface area contributed by atoms with Crippen LogP contribution in [0.4, 0.5) is 5.82 Å². The number of aromatic nitrogens is 2. The van der Waals surface area contributed by atoms with Crippen LogP contribution in [0, 0.1) is 0 Å². The fraction of sp³-hybridized carbons (Fsp3) is 0.733. The van der Waals surface area contributed by atoms with Crippen molar-refractivity contribution in [3.8, 4) is 5.88 Å². The Labute approximate surface area is 126 Å². The van der Waals surface area contributed by atoms with Crippen LogP contribution >= 0.6 is 0 Å². The molecule has 21 heavy (non-hydrogen) atoms. The van der Waals surface area contributed by atoms with Crippen molar-refractivity contribution in [2.24, 2.45) is 0 Å². The van der Waals surface area contributed by atoms with Crippen LogP contribution < -0.4 is 10.1 Å². The van der Waals surface area contributed by atoms with E-state index in [9.17, 15) is 0 Å². The number of nitrogens with one attached hydrogen (secondary N) is 1.